The molecule has 3 heteroatoms. The van der Waals surface area contributed by atoms with Crippen LogP contribution in [0.4, 0.5) is 4.39 Å². The minimum atomic E-state index is -0.153. The molecule has 78 valence electrons. The highest BCUT2D eigenvalue weighted by atomic mass is 19.1. The molecule has 0 aromatic heterocycles. The zero-order chi connectivity index (χ0) is 10.4. The van der Waals surface area contributed by atoms with Gasteiger partial charge in [-0.25, -0.2) is 4.39 Å². The second-order valence-corrected chi connectivity index (χ2v) is 3.34. The summed E-state index contributed by atoms with van der Waals surface area (Å²) in [4.78, 5) is 0. The van der Waals surface area contributed by atoms with Crippen LogP contribution < -0.4 is 11.1 Å². The molecule has 1 unspecified atom stereocenters. The van der Waals surface area contributed by atoms with Crippen molar-refractivity contribution in [1.29, 1.82) is 0 Å². The van der Waals surface area contributed by atoms with Crippen molar-refractivity contribution in [3.63, 3.8) is 0 Å². The maximum absolute atomic E-state index is 13.3. The monoisotopic (exact) mass is 196 g/mol. The van der Waals surface area contributed by atoms with Crippen molar-refractivity contribution in [3.8, 4) is 0 Å². The van der Waals surface area contributed by atoms with Crippen LogP contribution in [0.3, 0.4) is 0 Å². The molecule has 2 nitrogen and oxygen atoms in total. The van der Waals surface area contributed by atoms with Crippen LogP contribution in [-0.4, -0.2) is 13.1 Å². The Morgan fingerprint density at radius 2 is 2.14 bits per heavy atom. The van der Waals surface area contributed by atoms with Gasteiger partial charge in [-0.3, -0.25) is 0 Å². The van der Waals surface area contributed by atoms with E-state index in [1.54, 1.807) is 12.1 Å². The molecule has 0 bridgehead atoms. The maximum atomic E-state index is 13.3. The van der Waals surface area contributed by atoms with E-state index in [0.29, 0.717) is 12.1 Å². The number of nitrogens with two attached hydrogens (primary N) is 1. The van der Waals surface area contributed by atoms with E-state index in [4.69, 9.17) is 5.73 Å². The normalized spacial score (nSPS) is 12.8. The molecule has 1 atom stereocenters. The van der Waals surface area contributed by atoms with Crippen LogP contribution in [0.1, 0.15) is 24.9 Å². The predicted molar refractivity (Wildman–Crippen MR) is 56.5 cm³/mol. The van der Waals surface area contributed by atoms with E-state index in [9.17, 15) is 4.39 Å². The molecule has 0 saturated heterocycles. The fraction of sp³-hybridized carbons (Fsp3) is 0.455. The molecule has 0 saturated carbocycles. The van der Waals surface area contributed by atoms with Crippen molar-refractivity contribution in [2.75, 3.05) is 13.1 Å². The third-order valence-corrected chi connectivity index (χ3v) is 2.20. The van der Waals surface area contributed by atoms with Crippen LogP contribution in [0.5, 0.6) is 0 Å². The molecule has 0 heterocycles. The number of halogens is 1. The molecule has 1 aromatic carbocycles. The summed E-state index contributed by atoms with van der Waals surface area (Å²) in [6.07, 6.45) is 0.915. The molecule has 3 N–H and O–H groups in total. The second kappa shape index (κ2) is 5.73. The Morgan fingerprint density at radius 1 is 1.43 bits per heavy atom. The lowest BCUT2D eigenvalue weighted by molar-refractivity contribution is 0.523. The number of nitrogens with one attached hydrogen (secondary N) is 1. The Labute approximate surface area is 84.3 Å². The molecule has 1 aromatic rings. The second-order valence-electron chi connectivity index (χ2n) is 3.34. The van der Waals surface area contributed by atoms with Gasteiger partial charge in [0.1, 0.15) is 5.82 Å². The molecular weight excluding hydrogens is 179 g/mol. The third-order valence-electron chi connectivity index (χ3n) is 2.20. The van der Waals surface area contributed by atoms with Gasteiger partial charge >= 0.3 is 0 Å². The molecule has 0 fully saturated rings. The molecular formula is C11H17FN2. The summed E-state index contributed by atoms with van der Waals surface area (Å²) in [7, 11) is 0. The summed E-state index contributed by atoms with van der Waals surface area (Å²) in [5.74, 6) is -0.153. The fourth-order valence-electron chi connectivity index (χ4n) is 1.36. The highest BCUT2D eigenvalue weighted by Crippen LogP contribution is 2.15. The van der Waals surface area contributed by atoms with Crippen molar-refractivity contribution in [2.45, 2.75) is 19.4 Å². The first-order chi connectivity index (χ1) is 6.75. The van der Waals surface area contributed by atoms with Crippen molar-refractivity contribution >= 4 is 0 Å². The predicted octanol–water partition coefficient (Wildman–Crippen LogP) is 1.83. The van der Waals surface area contributed by atoms with Crippen LogP contribution in [0, 0.1) is 5.82 Å². The number of rotatable bonds is 5. The maximum Gasteiger partial charge on any atom is 0.127 e. The van der Waals surface area contributed by atoms with Crippen molar-refractivity contribution in [3.05, 3.63) is 35.6 Å². The van der Waals surface area contributed by atoms with E-state index < -0.39 is 0 Å². The Kier molecular flexibility index (Phi) is 4.56. The van der Waals surface area contributed by atoms with Crippen molar-refractivity contribution in [2.24, 2.45) is 5.73 Å². The summed E-state index contributed by atoms with van der Waals surface area (Å²) in [6.45, 7) is 3.44. The van der Waals surface area contributed by atoms with E-state index in [1.807, 2.05) is 13.0 Å². The lowest BCUT2D eigenvalue weighted by Gasteiger charge is -2.14. The standard InChI is InChI=1S/C11H17FN2/c1-9(14-8-4-7-13)10-5-2-3-6-11(10)12/h2-3,5-6,9,14H,4,7-8,13H2,1H3. The van der Waals surface area contributed by atoms with Gasteiger partial charge in [0, 0.05) is 11.6 Å². The van der Waals surface area contributed by atoms with Gasteiger partial charge in [-0.15, -0.1) is 0 Å². The minimum Gasteiger partial charge on any atom is -0.330 e. The van der Waals surface area contributed by atoms with Gasteiger partial charge in [-0.2, -0.15) is 0 Å². The highest BCUT2D eigenvalue weighted by Gasteiger charge is 2.08. The molecule has 0 aliphatic rings. The van der Waals surface area contributed by atoms with E-state index in [0.717, 1.165) is 13.0 Å². The van der Waals surface area contributed by atoms with Crippen LogP contribution in [0.25, 0.3) is 0 Å². The van der Waals surface area contributed by atoms with Gasteiger partial charge in [-0.1, -0.05) is 18.2 Å². The van der Waals surface area contributed by atoms with Crippen molar-refractivity contribution < 1.29 is 4.39 Å². The fourth-order valence-corrected chi connectivity index (χ4v) is 1.36. The van der Waals surface area contributed by atoms with E-state index in [-0.39, 0.29) is 11.9 Å². The first-order valence-corrected chi connectivity index (χ1v) is 4.93. The Balaban J connectivity index is 2.51. The first-order valence-electron chi connectivity index (χ1n) is 4.93. The smallest absolute Gasteiger partial charge is 0.127 e. The molecule has 1 rings (SSSR count). The Bertz CT molecular complexity index is 276. The van der Waals surface area contributed by atoms with E-state index in [2.05, 4.69) is 5.32 Å². The molecule has 0 spiro atoms. The third kappa shape index (κ3) is 3.09. The summed E-state index contributed by atoms with van der Waals surface area (Å²) in [5, 5.41) is 3.22. The number of hydrogen-bond donors (Lipinski definition) is 2. The Hall–Kier alpha value is -0.930. The molecule has 0 aliphatic heterocycles. The summed E-state index contributed by atoms with van der Waals surface area (Å²) in [5.41, 5.74) is 6.08. The quantitative estimate of drug-likeness (QED) is 0.705. The first kappa shape index (κ1) is 11.1. The molecule has 14 heavy (non-hydrogen) atoms. The van der Waals surface area contributed by atoms with Crippen LogP contribution in [0.2, 0.25) is 0 Å². The number of benzene rings is 1. The zero-order valence-corrected chi connectivity index (χ0v) is 8.46. The largest absolute Gasteiger partial charge is 0.330 e. The SMILES string of the molecule is CC(NCCCN)c1ccccc1F. The Morgan fingerprint density at radius 3 is 2.79 bits per heavy atom. The summed E-state index contributed by atoms with van der Waals surface area (Å²) >= 11 is 0. The summed E-state index contributed by atoms with van der Waals surface area (Å²) < 4.78 is 13.3. The average Bonchev–Trinajstić information content (AvgIpc) is 2.18. The highest BCUT2D eigenvalue weighted by molar-refractivity contribution is 5.20. The van der Waals surface area contributed by atoms with Gasteiger partial charge in [-0.05, 0) is 32.5 Å². The van der Waals surface area contributed by atoms with Gasteiger partial charge in [0.25, 0.3) is 0 Å². The summed E-state index contributed by atoms with van der Waals surface area (Å²) in [6, 6.07) is 6.87. The van der Waals surface area contributed by atoms with Crippen molar-refractivity contribution in [1.82, 2.24) is 5.32 Å². The average molecular weight is 196 g/mol. The van der Waals surface area contributed by atoms with Gasteiger partial charge in [0.2, 0.25) is 0 Å². The van der Waals surface area contributed by atoms with E-state index in [1.165, 1.54) is 6.07 Å². The van der Waals surface area contributed by atoms with Gasteiger partial charge in [0.15, 0.2) is 0 Å². The molecule has 0 radical (unpaired) electrons. The lowest BCUT2D eigenvalue weighted by atomic mass is 10.1. The zero-order valence-electron chi connectivity index (χ0n) is 8.46. The van der Waals surface area contributed by atoms with Gasteiger partial charge < -0.3 is 11.1 Å². The van der Waals surface area contributed by atoms with Crippen LogP contribution >= 0.6 is 0 Å². The lowest BCUT2D eigenvalue weighted by Crippen LogP contribution is -2.22. The number of hydrogen-bond acceptors (Lipinski definition) is 2. The van der Waals surface area contributed by atoms with Crippen LogP contribution in [-0.2, 0) is 0 Å². The van der Waals surface area contributed by atoms with Gasteiger partial charge in [0.05, 0.1) is 0 Å². The topological polar surface area (TPSA) is 38.0 Å². The van der Waals surface area contributed by atoms with Crippen LogP contribution in [0.15, 0.2) is 24.3 Å². The van der Waals surface area contributed by atoms with E-state index >= 15 is 0 Å². The molecule has 0 aliphatic carbocycles. The molecule has 0 amide bonds. The minimum absolute atomic E-state index is 0.0442.